The molecule has 0 saturated carbocycles. The van der Waals surface area contributed by atoms with Gasteiger partial charge in [0, 0.05) is 12.6 Å². The van der Waals surface area contributed by atoms with Crippen LogP contribution in [-0.2, 0) is 22.7 Å². The third kappa shape index (κ3) is 8.04. The van der Waals surface area contributed by atoms with E-state index in [-0.39, 0.29) is 18.2 Å². The molecule has 0 unspecified atom stereocenters. The molecular weight excluding hydrogens is 410 g/mol. The minimum atomic E-state index is -0.202. The molecule has 2 aromatic rings. The molecule has 0 fully saturated rings. The van der Waals surface area contributed by atoms with Gasteiger partial charge in [-0.05, 0) is 36.3 Å². The molecule has 1 aliphatic heterocycles. The third-order valence-corrected chi connectivity index (χ3v) is 6.38. The Morgan fingerprint density at radius 3 is 2.18 bits per heavy atom. The van der Waals surface area contributed by atoms with Crippen molar-refractivity contribution in [2.75, 3.05) is 6.61 Å². The maximum absolute atomic E-state index is 13.3. The first-order valence-electron chi connectivity index (χ1n) is 12.5. The van der Waals surface area contributed by atoms with Crippen LogP contribution in [-0.4, -0.2) is 29.7 Å². The molecule has 0 aromatic heterocycles. The van der Waals surface area contributed by atoms with Crippen LogP contribution in [0.4, 0.5) is 4.79 Å². The molecule has 1 aliphatic rings. The summed E-state index contributed by atoms with van der Waals surface area (Å²) in [6.07, 6.45) is 10.6. The molecule has 4 nitrogen and oxygen atoms in total. The Kier molecular flexibility index (Phi) is 10.5. The summed E-state index contributed by atoms with van der Waals surface area (Å²) in [5.74, 6) is 0.297. The second-order valence-electron chi connectivity index (χ2n) is 9.00. The molecule has 0 bridgehead atoms. The molecule has 4 heteroatoms. The summed E-state index contributed by atoms with van der Waals surface area (Å²) in [5, 5.41) is 0. The summed E-state index contributed by atoms with van der Waals surface area (Å²) in [6, 6.07) is 20.4. The van der Waals surface area contributed by atoms with Gasteiger partial charge in [-0.25, -0.2) is 4.79 Å². The van der Waals surface area contributed by atoms with Crippen LogP contribution < -0.4 is 0 Å². The maximum Gasteiger partial charge on any atom is 0.410 e. The van der Waals surface area contributed by atoms with Crippen LogP contribution in [0.5, 0.6) is 0 Å². The lowest BCUT2D eigenvalue weighted by Crippen LogP contribution is -2.51. The molecule has 0 spiro atoms. The van der Waals surface area contributed by atoms with Crippen LogP contribution in [0, 0.1) is 5.92 Å². The number of carbonyl (C=O) groups excluding carboxylic acids is 1. The smallest absolute Gasteiger partial charge is 0.410 e. The second-order valence-corrected chi connectivity index (χ2v) is 9.00. The summed E-state index contributed by atoms with van der Waals surface area (Å²) in [4.78, 5) is 15.3. The topological polar surface area (TPSA) is 38.8 Å². The van der Waals surface area contributed by atoms with Crippen molar-refractivity contribution in [1.29, 1.82) is 0 Å². The highest BCUT2D eigenvalue weighted by atomic mass is 16.6. The number of hydrogen-bond donors (Lipinski definition) is 0. The Morgan fingerprint density at radius 2 is 1.52 bits per heavy atom. The number of carbonyl (C=O) groups is 1. The van der Waals surface area contributed by atoms with Gasteiger partial charge in [0.05, 0.1) is 12.6 Å². The van der Waals surface area contributed by atoms with E-state index >= 15 is 0 Å². The van der Waals surface area contributed by atoms with Gasteiger partial charge in [0.2, 0.25) is 0 Å². The van der Waals surface area contributed by atoms with Crippen LogP contribution in [0.25, 0.3) is 0 Å². The highest BCUT2D eigenvalue weighted by molar-refractivity contribution is 5.69. The largest absolute Gasteiger partial charge is 0.445 e. The predicted molar refractivity (Wildman–Crippen MR) is 134 cm³/mol. The molecule has 178 valence electrons. The average molecular weight is 450 g/mol. The minimum Gasteiger partial charge on any atom is -0.445 e. The monoisotopic (exact) mass is 449 g/mol. The highest BCUT2D eigenvalue weighted by Gasteiger charge is 2.35. The summed E-state index contributed by atoms with van der Waals surface area (Å²) in [7, 11) is 0. The van der Waals surface area contributed by atoms with Gasteiger partial charge in [-0.15, -0.1) is 0 Å². The van der Waals surface area contributed by atoms with E-state index in [4.69, 9.17) is 9.47 Å². The van der Waals surface area contributed by atoms with E-state index in [2.05, 4.69) is 38.1 Å². The summed E-state index contributed by atoms with van der Waals surface area (Å²) in [5.41, 5.74) is 2.20. The van der Waals surface area contributed by atoms with E-state index in [1.165, 1.54) is 18.4 Å². The van der Waals surface area contributed by atoms with Gasteiger partial charge in [-0.3, -0.25) is 4.90 Å². The van der Waals surface area contributed by atoms with Crippen LogP contribution in [0.3, 0.4) is 0 Å². The first-order valence-corrected chi connectivity index (χ1v) is 12.5. The van der Waals surface area contributed by atoms with E-state index in [9.17, 15) is 4.79 Å². The van der Waals surface area contributed by atoms with Crippen LogP contribution in [0.1, 0.15) is 63.5 Å². The lowest BCUT2D eigenvalue weighted by molar-refractivity contribution is 0.0462. The predicted octanol–water partition coefficient (Wildman–Crippen LogP) is 7.15. The molecule has 0 N–H and O–H groups in total. The van der Waals surface area contributed by atoms with Gasteiger partial charge in [-0.1, -0.05) is 106 Å². The summed E-state index contributed by atoms with van der Waals surface area (Å²) in [6.45, 7) is 6.04. The number of amides is 1. The van der Waals surface area contributed by atoms with Gasteiger partial charge >= 0.3 is 6.09 Å². The standard InChI is InChI=1S/C29H39NO3/c1-3-4-7-17-27-20-19-24(2)28(18-12-21-32-22-25-13-8-5-9-14-25)30(27)29(31)33-23-26-15-10-6-11-16-26/h5-6,8-11,13-16,19-20,24,27-28H,3-4,7,12,17-18,21-23H2,1-2H3/t24-,27-,28+/m1/s1. The fourth-order valence-electron chi connectivity index (χ4n) is 4.49. The number of unbranched alkanes of at least 4 members (excludes halogenated alkanes) is 2. The molecule has 0 radical (unpaired) electrons. The van der Waals surface area contributed by atoms with Crippen LogP contribution in [0.15, 0.2) is 72.8 Å². The van der Waals surface area contributed by atoms with Crippen molar-refractivity contribution in [3.63, 3.8) is 0 Å². The quantitative estimate of drug-likeness (QED) is 0.255. The minimum absolute atomic E-state index is 0.103. The number of ether oxygens (including phenoxy) is 2. The lowest BCUT2D eigenvalue weighted by atomic mass is 9.88. The fraction of sp³-hybridized carbons (Fsp3) is 0.483. The highest BCUT2D eigenvalue weighted by Crippen LogP contribution is 2.29. The molecule has 1 heterocycles. The van der Waals surface area contributed by atoms with Gasteiger partial charge in [0.15, 0.2) is 0 Å². The van der Waals surface area contributed by atoms with Crippen molar-refractivity contribution in [1.82, 2.24) is 4.90 Å². The zero-order valence-electron chi connectivity index (χ0n) is 20.2. The van der Waals surface area contributed by atoms with Crippen LogP contribution >= 0.6 is 0 Å². The SMILES string of the molecule is CCCCC[C@@H]1C=C[C@@H](C)[C@H](CCCOCc2ccccc2)N1C(=O)OCc1ccccc1. The fourth-order valence-corrected chi connectivity index (χ4v) is 4.49. The van der Waals surface area contributed by atoms with Gasteiger partial charge in [0.1, 0.15) is 6.61 Å². The van der Waals surface area contributed by atoms with E-state index in [1.807, 2.05) is 53.4 Å². The molecule has 3 atom stereocenters. The molecule has 1 amide bonds. The molecular formula is C29H39NO3. The van der Waals surface area contributed by atoms with Gasteiger partial charge in [0.25, 0.3) is 0 Å². The molecule has 33 heavy (non-hydrogen) atoms. The van der Waals surface area contributed by atoms with Crippen molar-refractivity contribution in [2.45, 2.75) is 77.7 Å². The number of nitrogens with zero attached hydrogens (tertiary/aromatic N) is 1. The van der Waals surface area contributed by atoms with E-state index in [0.29, 0.717) is 25.7 Å². The zero-order valence-corrected chi connectivity index (χ0v) is 20.2. The first-order chi connectivity index (χ1) is 16.2. The first kappa shape index (κ1) is 25.0. The maximum atomic E-state index is 13.3. The molecule has 0 aliphatic carbocycles. The van der Waals surface area contributed by atoms with E-state index < -0.39 is 0 Å². The Morgan fingerprint density at radius 1 is 0.848 bits per heavy atom. The van der Waals surface area contributed by atoms with E-state index in [1.54, 1.807) is 0 Å². The second kappa shape index (κ2) is 13.8. The molecule has 3 rings (SSSR count). The van der Waals surface area contributed by atoms with Gasteiger partial charge < -0.3 is 9.47 Å². The van der Waals surface area contributed by atoms with Crippen molar-refractivity contribution in [3.8, 4) is 0 Å². The van der Waals surface area contributed by atoms with E-state index in [0.717, 1.165) is 31.2 Å². The molecule has 0 saturated heterocycles. The zero-order chi connectivity index (χ0) is 23.3. The van der Waals surface area contributed by atoms with Crippen molar-refractivity contribution in [2.24, 2.45) is 5.92 Å². The third-order valence-electron chi connectivity index (χ3n) is 6.38. The van der Waals surface area contributed by atoms with Gasteiger partial charge in [-0.2, -0.15) is 0 Å². The van der Waals surface area contributed by atoms with Crippen LogP contribution in [0.2, 0.25) is 0 Å². The Hall–Kier alpha value is -2.59. The summed E-state index contributed by atoms with van der Waals surface area (Å²) < 4.78 is 11.7. The van der Waals surface area contributed by atoms with Crippen molar-refractivity contribution < 1.29 is 14.3 Å². The number of rotatable bonds is 12. The Bertz CT molecular complexity index is 836. The summed E-state index contributed by atoms with van der Waals surface area (Å²) >= 11 is 0. The number of benzene rings is 2. The average Bonchev–Trinajstić information content (AvgIpc) is 2.85. The number of hydrogen-bond acceptors (Lipinski definition) is 3. The van der Waals surface area contributed by atoms with Crippen molar-refractivity contribution in [3.05, 3.63) is 83.9 Å². The Labute approximate surface area is 199 Å². The Balaban J connectivity index is 1.58. The normalized spacial score (nSPS) is 20.1. The molecule has 2 aromatic carbocycles. The lowest BCUT2D eigenvalue weighted by Gasteiger charge is -2.42. The van der Waals surface area contributed by atoms with Crippen molar-refractivity contribution >= 4 is 6.09 Å².